The summed E-state index contributed by atoms with van der Waals surface area (Å²) in [5.41, 5.74) is 1.67. The molecule has 1 amide bonds. The fourth-order valence-corrected chi connectivity index (χ4v) is 1.72. The molecule has 0 aliphatic rings. The van der Waals surface area contributed by atoms with Crippen molar-refractivity contribution in [2.75, 3.05) is 0 Å². The lowest BCUT2D eigenvalue weighted by molar-refractivity contribution is 0.0951. The second-order valence-corrected chi connectivity index (χ2v) is 3.58. The van der Waals surface area contributed by atoms with Crippen LogP contribution in [-0.4, -0.2) is 16.1 Å². The lowest BCUT2D eigenvalue weighted by Gasteiger charge is -2.00. The van der Waals surface area contributed by atoms with Crippen LogP contribution in [0.1, 0.15) is 15.9 Å². The van der Waals surface area contributed by atoms with E-state index in [1.54, 1.807) is 17.5 Å². The van der Waals surface area contributed by atoms with Crippen LogP contribution >= 0.6 is 11.3 Å². The van der Waals surface area contributed by atoms with Crippen molar-refractivity contribution >= 4 is 17.2 Å². The molecule has 72 valence electrons. The molecule has 0 atom stereocenters. The summed E-state index contributed by atoms with van der Waals surface area (Å²) >= 11 is 1.62. The summed E-state index contributed by atoms with van der Waals surface area (Å²) in [4.78, 5) is 11.4. The van der Waals surface area contributed by atoms with Gasteiger partial charge in [0.1, 0.15) is 0 Å². The van der Waals surface area contributed by atoms with E-state index >= 15 is 0 Å². The first-order chi connectivity index (χ1) is 6.86. The van der Waals surface area contributed by atoms with Crippen molar-refractivity contribution in [3.63, 3.8) is 0 Å². The molecule has 0 spiro atoms. The van der Waals surface area contributed by atoms with E-state index < -0.39 is 0 Å². The Morgan fingerprint density at radius 3 is 3.21 bits per heavy atom. The second-order valence-electron chi connectivity index (χ2n) is 2.80. The average Bonchev–Trinajstić information content (AvgIpc) is 2.87. The van der Waals surface area contributed by atoms with Crippen LogP contribution < -0.4 is 5.32 Å². The lowest BCUT2D eigenvalue weighted by atomic mass is 10.3. The van der Waals surface area contributed by atoms with Crippen molar-refractivity contribution in [2.45, 2.75) is 6.54 Å². The zero-order valence-electron chi connectivity index (χ0n) is 7.36. The maximum absolute atomic E-state index is 11.4. The van der Waals surface area contributed by atoms with Crippen molar-refractivity contribution < 1.29 is 4.79 Å². The van der Waals surface area contributed by atoms with Gasteiger partial charge in [-0.3, -0.25) is 9.89 Å². The standard InChI is InChI=1S/C9H9N3OS/c13-9(8-4-11-12-5-8)10-3-7-1-2-14-6-7/h1-2,4-6H,3H2,(H,10,13)(H,11,12). The number of hydrogen-bond acceptors (Lipinski definition) is 3. The number of H-pyrrole nitrogens is 1. The number of carbonyl (C=O) groups is 1. The molecule has 0 aromatic carbocycles. The molecule has 2 aromatic heterocycles. The Kier molecular flexibility index (Phi) is 2.60. The first-order valence-electron chi connectivity index (χ1n) is 4.14. The number of nitrogens with one attached hydrogen (secondary N) is 2. The molecule has 14 heavy (non-hydrogen) atoms. The smallest absolute Gasteiger partial charge is 0.254 e. The molecular formula is C9H9N3OS. The first kappa shape index (κ1) is 8.96. The molecule has 4 nitrogen and oxygen atoms in total. The Labute approximate surface area is 85.0 Å². The number of rotatable bonds is 3. The number of hydrogen-bond donors (Lipinski definition) is 2. The Balaban J connectivity index is 1.90. The summed E-state index contributed by atoms with van der Waals surface area (Å²) in [6.07, 6.45) is 3.08. The number of aromatic amines is 1. The molecule has 0 saturated carbocycles. The van der Waals surface area contributed by atoms with Gasteiger partial charge in [-0.25, -0.2) is 0 Å². The Bertz CT molecular complexity index is 394. The van der Waals surface area contributed by atoms with Crippen LogP contribution in [0.4, 0.5) is 0 Å². The third-order valence-electron chi connectivity index (χ3n) is 1.79. The van der Waals surface area contributed by atoms with Crippen molar-refractivity contribution in [2.24, 2.45) is 0 Å². The van der Waals surface area contributed by atoms with Crippen molar-refractivity contribution in [1.82, 2.24) is 15.5 Å². The summed E-state index contributed by atoms with van der Waals surface area (Å²) in [6, 6.07) is 1.99. The van der Waals surface area contributed by atoms with Gasteiger partial charge < -0.3 is 5.32 Å². The highest BCUT2D eigenvalue weighted by molar-refractivity contribution is 7.07. The average molecular weight is 207 g/mol. The van der Waals surface area contributed by atoms with E-state index in [-0.39, 0.29) is 5.91 Å². The number of amides is 1. The number of aromatic nitrogens is 2. The van der Waals surface area contributed by atoms with Gasteiger partial charge in [0, 0.05) is 12.7 Å². The molecule has 0 unspecified atom stereocenters. The third-order valence-corrected chi connectivity index (χ3v) is 2.53. The minimum Gasteiger partial charge on any atom is -0.348 e. The van der Waals surface area contributed by atoms with Gasteiger partial charge in [0.2, 0.25) is 0 Å². The highest BCUT2D eigenvalue weighted by atomic mass is 32.1. The molecule has 2 rings (SSSR count). The molecule has 0 fully saturated rings. The van der Waals surface area contributed by atoms with Gasteiger partial charge in [-0.1, -0.05) is 0 Å². The molecule has 5 heteroatoms. The maximum atomic E-state index is 11.4. The van der Waals surface area contributed by atoms with Crippen LogP contribution in [-0.2, 0) is 6.54 Å². The van der Waals surface area contributed by atoms with E-state index in [9.17, 15) is 4.79 Å². The third kappa shape index (κ3) is 2.00. The Morgan fingerprint density at radius 1 is 1.64 bits per heavy atom. The number of nitrogens with zero attached hydrogens (tertiary/aromatic N) is 1. The molecular weight excluding hydrogens is 198 g/mol. The van der Waals surface area contributed by atoms with Gasteiger partial charge in [-0.15, -0.1) is 0 Å². The minimum atomic E-state index is -0.107. The van der Waals surface area contributed by atoms with Gasteiger partial charge in [0.15, 0.2) is 0 Å². The summed E-state index contributed by atoms with van der Waals surface area (Å²) < 4.78 is 0. The first-order valence-corrected chi connectivity index (χ1v) is 5.08. The van der Waals surface area contributed by atoms with E-state index in [2.05, 4.69) is 15.5 Å². The second kappa shape index (κ2) is 4.06. The summed E-state index contributed by atoms with van der Waals surface area (Å²) in [5.74, 6) is -0.107. The molecule has 2 aromatic rings. The van der Waals surface area contributed by atoms with Crippen LogP contribution in [0.5, 0.6) is 0 Å². The summed E-state index contributed by atoms with van der Waals surface area (Å²) in [5, 5.41) is 13.1. The van der Waals surface area contributed by atoms with Crippen LogP contribution in [0, 0.1) is 0 Å². The fraction of sp³-hybridized carbons (Fsp3) is 0.111. The van der Waals surface area contributed by atoms with Crippen molar-refractivity contribution in [3.05, 3.63) is 40.3 Å². The van der Waals surface area contributed by atoms with E-state index in [1.165, 1.54) is 6.20 Å². The maximum Gasteiger partial charge on any atom is 0.254 e. The van der Waals surface area contributed by atoms with Crippen LogP contribution in [0.25, 0.3) is 0 Å². The minimum absolute atomic E-state index is 0.107. The van der Waals surface area contributed by atoms with Crippen LogP contribution in [0.15, 0.2) is 29.2 Å². The Hall–Kier alpha value is -1.62. The highest BCUT2D eigenvalue weighted by Gasteiger charge is 2.05. The van der Waals surface area contributed by atoms with Gasteiger partial charge >= 0.3 is 0 Å². The van der Waals surface area contributed by atoms with Crippen LogP contribution in [0.3, 0.4) is 0 Å². The van der Waals surface area contributed by atoms with E-state index in [1.807, 2.05) is 16.8 Å². The molecule has 0 aliphatic carbocycles. The quantitative estimate of drug-likeness (QED) is 0.799. The molecule has 0 bridgehead atoms. The lowest BCUT2D eigenvalue weighted by Crippen LogP contribution is -2.21. The zero-order valence-corrected chi connectivity index (χ0v) is 8.17. The highest BCUT2D eigenvalue weighted by Crippen LogP contribution is 2.05. The molecule has 2 N–H and O–H groups in total. The summed E-state index contributed by atoms with van der Waals surface area (Å²) in [7, 11) is 0. The monoisotopic (exact) mass is 207 g/mol. The predicted molar refractivity (Wildman–Crippen MR) is 54.1 cm³/mol. The molecule has 0 radical (unpaired) electrons. The van der Waals surface area contributed by atoms with Crippen molar-refractivity contribution in [1.29, 1.82) is 0 Å². The molecule has 2 heterocycles. The topological polar surface area (TPSA) is 57.8 Å². The number of carbonyl (C=O) groups excluding carboxylic acids is 1. The summed E-state index contributed by atoms with van der Waals surface area (Å²) in [6.45, 7) is 0.563. The normalized spacial score (nSPS) is 10.0. The largest absolute Gasteiger partial charge is 0.348 e. The van der Waals surface area contributed by atoms with E-state index in [0.29, 0.717) is 12.1 Å². The zero-order chi connectivity index (χ0) is 9.80. The van der Waals surface area contributed by atoms with Crippen molar-refractivity contribution in [3.8, 4) is 0 Å². The molecule has 0 aliphatic heterocycles. The fourth-order valence-electron chi connectivity index (χ4n) is 1.05. The van der Waals surface area contributed by atoms with Gasteiger partial charge in [0.25, 0.3) is 5.91 Å². The van der Waals surface area contributed by atoms with E-state index in [0.717, 1.165) is 5.56 Å². The van der Waals surface area contributed by atoms with Gasteiger partial charge in [-0.2, -0.15) is 16.4 Å². The van der Waals surface area contributed by atoms with Crippen LogP contribution in [0.2, 0.25) is 0 Å². The van der Waals surface area contributed by atoms with E-state index in [4.69, 9.17) is 0 Å². The van der Waals surface area contributed by atoms with Gasteiger partial charge in [-0.05, 0) is 22.4 Å². The molecule has 0 saturated heterocycles. The Morgan fingerprint density at radius 2 is 2.57 bits per heavy atom. The van der Waals surface area contributed by atoms with Gasteiger partial charge in [0.05, 0.1) is 11.8 Å². The predicted octanol–water partition coefficient (Wildman–Crippen LogP) is 1.40. The number of thiophene rings is 1. The SMILES string of the molecule is O=C(NCc1ccsc1)c1cn[nH]c1.